The van der Waals surface area contributed by atoms with Gasteiger partial charge in [0.15, 0.2) is 0 Å². The molecule has 0 spiro atoms. The van der Waals surface area contributed by atoms with Crippen LogP contribution in [0.2, 0.25) is 0 Å². The molecule has 0 aromatic heterocycles. The summed E-state index contributed by atoms with van der Waals surface area (Å²) in [5.74, 6) is -0.319. The van der Waals surface area contributed by atoms with E-state index < -0.39 is 16.1 Å². The van der Waals surface area contributed by atoms with Gasteiger partial charge >= 0.3 is 0 Å². The lowest BCUT2D eigenvalue weighted by Gasteiger charge is -2.31. The Balaban J connectivity index is 1.71. The number of carbonyl (C=O) groups is 2. The first kappa shape index (κ1) is 30.2. The van der Waals surface area contributed by atoms with E-state index in [0.717, 1.165) is 47.7 Å². The highest BCUT2D eigenvalue weighted by Gasteiger charge is 2.28. The molecule has 9 heteroatoms. The van der Waals surface area contributed by atoms with Crippen molar-refractivity contribution < 1.29 is 18.0 Å². The minimum atomic E-state index is -3.52. The number of sulfonamides is 1. The summed E-state index contributed by atoms with van der Waals surface area (Å²) in [6.45, 7) is 4.30. The van der Waals surface area contributed by atoms with Crippen molar-refractivity contribution in [3.05, 3.63) is 64.1 Å². The van der Waals surface area contributed by atoms with Gasteiger partial charge in [0.2, 0.25) is 21.8 Å². The molecule has 0 aliphatic heterocycles. The van der Waals surface area contributed by atoms with Crippen LogP contribution in [0.4, 0.5) is 5.69 Å². The predicted octanol–water partition coefficient (Wildman–Crippen LogP) is 5.42. The van der Waals surface area contributed by atoms with Gasteiger partial charge in [-0.2, -0.15) is 0 Å². The molecule has 0 bridgehead atoms. The maximum absolute atomic E-state index is 13.5. The number of hydrogen-bond acceptors (Lipinski definition) is 4. The number of rotatable bonds is 12. The molecule has 38 heavy (non-hydrogen) atoms. The van der Waals surface area contributed by atoms with Crippen molar-refractivity contribution in [2.75, 3.05) is 17.1 Å². The first-order chi connectivity index (χ1) is 18.1. The van der Waals surface area contributed by atoms with E-state index in [-0.39, 0.29) is 30.8 Å². The number of anilines is 1. The minimum absolute atomic E-state index is 0.133. The highest BCUT2D eigenvalue weighted by Crippen LogP contribution is 2.22. The summed E-state index contributed by atoms with van der Waals surface area (Å²) >= 11 is 3.48. The quantitative estimate of drug-likeness (QED) is 0.350. The third-order valence-electron chi connectivity index (χ3n) is 7.15. The van der Waals surface area contributed by atoms with E-state index in [2.05, 4.69) is 21.2 Å². The number of halogens is 1. The van der Waals surface area contributed by atoms with E-state index in [0.29, 0.717) is 18.7 Å². The van der Waals surface area contributed by atoms with Crippen LogP contribution in [-0.4, -0.2) is 50.0 Å². The molecule has 208 valence electrons. The molecular weight excluding hydrogens is 566 g/mol. The lowest BCUT2D eigenvalue weighted by molar-refractivity contribution is -0.141. The van der Waals surface area contributed by atoms with Gasteiger partial charge in [0, 0.05) is 30.0 Å². The number of amides is 2. The zero-order chi connectivity index (χ0) is 27.7. The van der Waals surface area contributed by atoms with Crippen LogP contribution in [0, 0.1) is 0 Å². The Morgan fingerprint density at radius 2 is 1.74 bits per heavy atom. The van der Waals surface area contributed by atoms with Crippen molar-refractivity contribution >= 4 is 43.5 Å². The Morgan fingerprint density at radius 1 is 1.05 bits per heavy atom. The molecule has 1 aliphatic rings. The first-order valence-electron chi connectivity index (χ1n) is 13.5. The average molecular weight is 607 g/mol. The van der Waals surface area contributed by atoms with Gasteiger partial charge < -0.3 is 10.2 Å². The molecular formula is C29H40BrN3O4S. The van der Waals surface area contributed by atoms with Crippen LogP contribution in [0.1, 0.15) is 69.9 Å². The monoisotopic (exact) mass is 605 g/mol. The Bertz CT molecular complexity index is 1180. The fourth-order valence-electron chi connectivity index (χ4n) is 4.89. The van der Waals surface area contributed by atoms with Gasteiger partial charge in [0.05, 0.1) is 11.9 Å². The van der Waals surface area contributed by atoms with E-state index in [1.807, 2.05) is 43.3 Å². The second-order valence-electron chi connectivity index (χ2n) is 10.1. The standard InChI is InChI=1S/C29H40BrN3O4S/c1-4-23-15-17-27(18-16-23)33(38(3,36)37)19-9-14-28(34)32(21-24-10-8-11-25(30)20-24)22(2)29(35)31-26-12-6-5-7-13-26/h8,10-11,15-18,20,22,26H,4-7,9,12-14,19,21H2,1-3H3,(H,31,35)/t22-/m0/s1. The molecule has 1 saturated carbocycles. The topological polar surface area (TPSA) is 86.8 Å². The Labute approximate surface area is 236 Å². The van der Waals surface area contributed by atoms with Crippen molar-refractivity contribution in [1.29, 1.82) is 0 Å². The maximum Gasteiger partial charge on any atom is 0.242 e. The van der Waals surface area contributed by atoms with Crippen LogP contribution in [-0.2, 0) is 32.6 Å². The van der Waals surface area contributed by atoms with Gasteiger partial charge in [-0.05, 0) is 68.0 Å². The van der Waals surface area contributed by atoms with Gasteiger partial charge in [-0.25, -0.2) is 8.42 Å². The number of aryl methyl sites for hydroxylation is 1. The van der Waals surface area contributed by atoms with Gasteiger partial charge in [-0.1, -0.05) is 66.4 Å². The van der Waals surface area contributed by atoms with E-state index >= 15 is 0 Å². The predicted molar refractivity (Wildman–Crippen MR) is 156 cm³/mol. The lowest BCUT2D eigenvalue weighted by atomic mass is 9.95. The Morgan fingerprint density at radius 3 is 2.34 bits per heavy atom. The van der Waals surface area contributed by atoms with Gasteiger partial charge in [0.1, 0.15) is 6.04 Å². The van der Waals surface area contributed by atoms with Crippen LogP contribution >= 0.6 is 15.9 Å². The first-order valence-corrected chi connectivity index (χ1v) is 16.1. The molecule has 1 fully saturated rings. The molecule has 2 aromatic carbocycles. The molecule has 0 heterocycles. The molecule has 2 aromatic rings. The van der Waals surface area contributed by atoms with Crippen molar-refractivity contribution in [3.63, 3.8) is 0 Å². The van der Waals surface area contributed by atoms with E-state index in [4.69, 9.17) is 0 Å². The van der Waals surface area contributed by atoms with Crippen molar-refractivity contribution in [3.8, 4) is 0 Å². The number of nitrogens with zero attached hydrogens (tertiary/aromatic N) is 2. The molecule has 1 aliphatic carbocycles. The van der Waals surface area contributed by atoms with E-state index in [1.165, 1.54) is 17.0 Å². The highest BCUT2D eigenvalue weighted by molar-refractivity contribution is 9.10. The molecule has 0 radical (unpaired) electrons. The van der Waals surface area contributed by atoms with E-state index in [9.17, 15) is 18.0 Å². The largest absolute Gasteiger partial charge is 0.352 e. The smallest absolute Gasteiger partial charge is 0.242 e. The highest BCUT2D eigenvalue weighted by atomic mass is 79.9. The number of hydrogen-bond donors (Lipinski definition) is 1. The van der Waals surface area contributed by atoms with Crippen molar-refractivity contribution in [2.24, 2.45) is 0 Å². The molecule has 0 saturated heterocycles. The van der Waals surface area contributed by atoms with Gasteiger partial charge in [-0.3, -0.25) is 13.9 Å². The minimum Gasteiger partial charge on any atom is -0.352 e. The lowest BCUT2D eigenvalue weighted by Crippen LogP contribution is -2.50. The third kappa shape index (κ3) is 8.83. The fraction of sp³-hybridized carbons (Fsp3) is 0.517. The summed E-state index contributed by atoms with van der Waals surface area (Å²) in [4.78, 5) is 28.3. The number of nitrogens with one attached hydrogen (secondary N) is 1. The molecule has 1 N–H and O–H groups in total. The number of carbonyl (C=O) groups excluding carboxylic acids is 2. The summed E-state index contributed by atoms with van der Waals surface area (Å²) in [7, 11) is -3.52. The van der Waals surface area contributed by atoms with Crippen LogP contribution in [0.5, 0.6) is 0 Å². The maximum atomic E-state index is 13.5. The Kier molecular flexibility index (Phi) is 11.2. The van der Waals surface area contributed by atoms with E-state index in [1.54, 1.807) is 24.0 Å². The SMILES string of the molecule is CCc1ccc(N(CCCC(=O)N(Cc2cccc(Br)c2)[C@@H](C)C(=O)NC2CCCCC2)S(C)(=O)=O)cc1. The molecule has 7 nitrogen and oxygen atoms in total. The van der Waals surface area contributed by atoms with Gasteiger partial charge in [-0.15, -0.1) is 0 Å². The fourth-order valence-corrected chi connectivity index (χ4v) is 6.30. The van der Waals surface area contributed by atoms with Crippen LogP contribution < -0.4 is 9.62 Å². The van der Waals surface area contributed by atoms with Crippen LogP contribution in [0.3, 0.4) is 0 Å². The average Bonchev–Trinajstić information content (AvgIpc) is 2.89. The second-order valence-corrected chi connectivity index (χ2v) is 13.0. The van der Waals surface area contributed by atoms with Crippen LogP contribution in [0.15, 0.2) is 53.0 Å². The second kappa shape index (κ2) is 14.1. The summed E-state index contributed by atoms with van der Waals surface area (Å²) in [6, 6.07) is 14.7. The molecule has 3 rings (SSSR count). The van der Waals surface area contributed by atoms with Crippen molar-refractivity contribution in [2.45, 2.75) is 83.8 Å². The molecule has 0 unspecified atom stereocenters. The zero-order valence-corrected chi connectivity index (χ0v) is 25.1. The van der Waals surface area contributed by atoms with Crippen molar-refractivity contribution in [1.82, 2.24) is 10.2 Å². The summed E-state index contributed by atoms with van der Waals surface area (Å²) in [5, 5.41) is 3.15. The normalized spacial score (nSPS) is 15.1. The number of benzene rings is 2. The zero-order valence-electron chi connectivity index (χ0n) is 22.7. The molecule has 2 amide bonds. The summed E-state index contributed by atoms with van der Waals surface area (Å²) < 4.78 is 27.3. The van der Waals surface area contributed by atoms with Gasteiger partial charge in [0.25, 0.3) is 0 Å². The summed E-state index contributed by atoms with van der Waals surface area (Å²) in [6.07, 6.45) is 7.88. The third-order valence-corrected chi connectivity index (χ3v) is 8.83. The Hall–Kier alpha value is -2.39. The molecule has 1 atom stereocenters. The van der Waals surface area contributed by atoms with Crippen LogP contribution in [0.25, 0.3) is 0 Å². The summed E-state index contributed by atoms with van der Waals surface area (Å²) in [5.41, 5.74) is 2.63.